The third kappa shape index (κ3) is 6.30. The van der Waals surface area contributed by atoms with Crippen LogP contribution in [0, 0.1) is 0 Å². The van der Waals surface area contributed by atoms with Crippen LogP contribution in [0.5, 0.6) is 0 Å². The number of aryl methyl sites for hydroxylation is 2. The predicted octanol–water partition coefficient (Wildman–Crippen LogP) is 7.83. The Morgan fingerprint density at radius 2 is 1.19 bits per heavy atom. The quantitative estimate of drug-likeness (QED) is 0.201. The minimum Gasteiger partial charge on any atom is -0.296 e. The zero-order valence-electron chi connectivity index (χ0n) is 22.8. The lowest BCUT2D eigenvalue weighted by atomic mass is 9.98. The Hall–Kier alpha value is -4.66. The van der Waals surface area contributed by atoms with Crippen molar-refractivity contribution in [3.8, 4) is 45.0 Å². The number of H-pyrrole nitrogens is 2. The average Bonchev–Trinajstić information content (AvgIpc) is 3.65. The predicted molar refractivity (Wildman–Crippen MR) is 165 cm³/mol. The minimum atomic E-state index is -0.577. The van der Waals surface area contributed by atoms with E-state index in [4.69, 9.17) is 23.2 Å². The van der Waals surface area contributed by atoms with Crippen molar-refractivity contribution in [2.24, 2.45) is 0 Å². The van der Waals surface area contributed by atoms with Crippen LogP contribution in [0.2, 0.25) is 10.0 Å². The first-order valence-electron chi connectivity index (χ1n) is 13.3. The van der Waals surface area contributed by atoms with Gasteiger partial charge >= 0.3 is 11.5 Å². The third-order valence-corrected chi connectivity index (χ3v) is 7.39. The van der Waals surface area contributed by atoms with Crippen molar-refractivity contribution in [2.75, 3.05) is 0 Å². The second-order valence-corrected chi connectivity index (χ2v) is 10.1. The first-order chi connectivity index (χ1) is 20.4. The Morgan fingerprint density at radius 3 is 1.69 bits per heavy atom. The second kappa shape index (κ2) is 12.9. The monoisotopic (exact) mass is 600 g/mol. The maximum absolute atomic E-state index is 11.2. The average molecular weight is 601 g/mol. The van der Waals surface area contributed by atoms with Crippen LogP contribution in [0.1, 0.15) is 25.0 Å². The summed E-state index contributed by atoms with van der Waals surface area (Å²) in [5.74, 6) is -0.344. The topological polar surface area (TPSA) is 118 Å². The number of rotatable bonds is 6. The highest BCUT2D eigenvalue weighted by atomic mass is 35.5. The van der Waals surface area contributed by atoms with E-state index in [2.05, 4.69) is 43.2 Å². The van der Waals surface area contributed by atoms with Gasteiger partial charge < -0.3 is 0 Å². The maximum Gasteiger partial charge on any atom is 0.439 e. The van der Waals surface area contributed by atoms with Gasteiger partial charge in [0.25, 0.3) is 0 Å². The van der Waals surface area contributed by atoms with Gasteiger partial charge in [0.15, 0.2) is 11.6 Å². The van der Waals surface area contributed by atoms with Crippen LogP contribution in [0.3, 0.4) is 0 Å². The van der Waals surface area contributed by atoms with E-state index in [0.717, 1.165) is 56.8 Å². The highest BCUT2D eigenvalue weighted by molar-refractivity contribution is 6.33. The molecule has 0 atom stereocenters. The minimum absolute atomic E-state index is 0.395. The first kappa shape index (κ1) is 28.9. The lowest BCUT2D eigenvalue weighted by molar-refractivity contribution is 0.388. The summed E-state index contributed by atoms with van der Waals surface area (Å²) < 4.78 is 9.17. The van der Waals surface area contributed by atoms with Gasteiger partial charge in [0.1, 0.15) is 0 Å². The van der Waals surface area contributed by atoms with E-state index in [1.165, 1.54) is 5.56 Å². The smallest absolute Gasteiger partial charge is 0.296 e. The summed E-state index contributed by atoms with van der Waals surface area (Å²) in [6, 6.07) is 27.2. The molecule has 0 aliphatic heterocycles. The zero-order chi connectivity index (χ0) is 29.6. The van der Waals surface area contributed by atoms with Crippen LogP contribution in [-0.2, 0) is 12.8 Å². The Bertz CT molecular complexity index is 1950. The molecular formula is C32H26Cl2N4O4. The summed E-state index contributed by atoms with van der Waals surface area (Å²) in [7, 11) is 0. The number of hydrogen-bond acceptors (Lipinski definition) is 6. The molecule has 0 aliphatic rings. The fourth-order valence-electron chi connectivity index (χ4n) is 4.56. The molecule has 0 bridgehead atoms. The number of hydrogen-bond donors (Lipinski definition) is 2. The van der Waals surface area contributed by atoms with E-state index >= 15 is 0 Å². The Balaban J connectivity index is 0.000000168. The molecule has 0 aliphatic carbocycles. The zero-order valence-corrected chi connectivity index (χ0v) is 24.3. The third-order valence-electron chi connectivity index (χ3n) is 6.72. The summed E-state index contributed by atoms with van der Waals surface area (Å²) >= 11 is 12.7. The molecule has 6 aromatic rings. The van der Waals surface area contributed by atoms with Crippen molar-refractivity contribution in [3.05, 3.63) is 127 Å². The summed E-state index contributed by atoms with van der Waals surface area (Å²) in [5.41, 5.74) is 7.55. The molecule has 212 valence electrons. The lowest BCUT2D eigenvalue weighted by Crippen LogP contribution is -1.95. The normalized spacial score (nSPS) is 10.8. The molecule has 0 radical (unpaired) electrons. The molecule has 10 heteroatoms. The first-order valence-corrected chi connectivity index (χ1v) is 14.0. The van der Waals surface area contributed by atoms with E-state index in [1.807, 2.05) is 84.9 Å². The van der Waals surface area contributed by atoms with Gasteiger partial charge in [0.05, 0.1) is 0 Å². The molecule has 0 saturated heterocycles. The van der Waals surface area contributed by atoms with Gasteiger partial charge in [-0.15, -0.1) is 0 Å². The van der Waals surface area contributed by atoms with Crippen LogP contribution in [0.4, 0.5) is 0 Å². The standard InChI is InChI=1S/2C16H13ClN2O2/c1-2-10-7-8-11(9-14(10)17)12-5-3-4-6-13(12)15-18-16(20)21-19-15;1-2-10-7-8-12(14(17)9-10)11-5-3-4-6-13(11)15-18-16(20)21-19-15/h2*3-9H,2H2,1H3,(H,18,19,20). The SMILES string of the molecule is CCc1ccc(-c2ccccc2-c2noc(=O)[nH]2)c(Cl)c1.CCc1ccc(-c2ccccc2-c2noc(=O)[nH]2)cc1Cl. The molecule has 2 aromatic heterocycles. The molecule has 0 spiro atoms. The van der Waals surface area contributed by atoms with Crippen LogP contribution in [0.15, 0.2) is 104 Å². The summed E-state index contributed by atoms with van der Waals surface area (Å²) in [6.07, 6.45) is 1.82. The Morgan fingerprint density at radius 1 is 0.619 bits per heavy atom. The van der Waals surface area contributed by atoms with Gasteiger partial charge in [-0.3, -0.25) is 19.0 Å². The Kier molecular flexibility index (Phi) is 8.85. The summed E-state index contributed by atoms with van der Waals surface area (Å²) in [4.78, 5) is 27.4. The van der Waals surface area contributed by atoms with Gasteiger partial charge in [-0.05, 0) is 52.8 Å². The van der Waals surface area contributed by atoms with Crippen molar-refractivity contribution in [1.29, 1.82) is 0 Å². The molecule has 2 N–H and O–H groups in total. The largest absolute Gasteiger partial charge is 0.439 e. The van der Waals surface area contributed by atoms with Gasteiger partial charge in [-0.25, -0.2) is 9.59 Å². The number of halogens is 2. The molecule has 0 saturated carbocycles. The number of aromatic amines is 2. The van der Waals surface area contributed by atoms with E-state index in [0.29, 0.717) is 16.7 Å². The fraction of sp³-hybridized carbons (Fsp3) is 0.125. The van der Waals surface area contributed by atoms with Gasteiger partial charge in [0, 0.05) is 26.7 Å². The lowest BCUT2D eigenvalue weighted by Gasteiger charge is -2.10. The highest BCUT2D eigenvalue weighted by Gasteiger charge is 2.14. The van der Waals surface area contributed by atoms with Gasteiger partial charge in [0.2, 0.25) is 0 Å². The maximum atomic E-state index is 11.2. The van der Waals surface area contributed by atoms with Crippen molar-refractivity contribution in [2.45, 2.75) is 26.7 Å². The number of benzene rings is 4. The van der Waals surface area contributed by atoms with Crippen molar-refractivity contribution < 1.29 is 9.05 Å². The number of nitrogens with one attached hydrogen (secondary N) is 2. The van der Waals surface area contributed by atoms with Gasteiger partial charge in [-0.2, -0.15) is 0 Å². The Labute approximate surface area is 250 Å². The van der Waals surface area contributed by atoms with Crippen molar-refractivity contribution >= 4 is 23.2 Å². The second-order valence-electron chi connectivity index (χ2n) is 9.31. The van der Waals surface area contributed by atoms with Crippen LogP contribution < -0.4 is 11.5 Å². The molecule has 4 aromatic carbocycles. The van der Waals surface area contributed by atoms with Crippen molar-refractivity contribution in [3.63, 3.8) is 0 Å². The molecule has 42 heavy (non-hydrogen) atoms. The van der Waals surface area contributed by atoms with E-state index in [9.17, 15) is 9.59 Å². The summed E-state index contributed by atoms with van der Waals surface area (Å²) in [5, 5.41) is 8.91. The molecule has 0 amide bonds. The van der Waals surface area contributed by atoms with Crippen LogP contribution >= 0.6 is 23.2 Å². The molecule has 6 rings (SSSR count). The van der Waals surface area contributed by atoms with Crippen molar-refractivity contribution in [1.82, 2.24) is 20.3 Å². The molecule has 0 unspecified atom stereocenters. The molecule has 0 fully saturated rings. The number of nitrogens with zero attached hydrogens (tertiary/aromatic N) is 2. The molecular weight excluding hydrogens is 575 g/mol. The summed E-state index contributed by atoms with van der Waals surface area (Å²) in [6.45, 7) is 4.15. The van der Waals surface area contributed by atoms with E-state index in [1.54, 1.807) is 0 Å². The van der Waals surface area contributed by atoms with Gasteiger partial charge in [-0.1, -0.05) is 120 Å². The fourth-order valence-corrected chi connectivity index (χ4v) is 5.18. The van der Waals surface area contributed by atoms with Crippen LogP contribution in [0.25, 0.3) is 45.0 Å². The molecule has 8 nitrogen and oxygen atoms in total. The van der Waals surface area contributed by atoms with Crippen LogP contribution in [-0.4, -0.2) is 20.3 Å². The van der Waals surface area contributed by atoms with E-state index in [-0.39, 0.29) is 0 Å². The number of aromatic nitrogens is 4. The molecule has 2 heterocycles. The van der Waals surface area contributed by atoms with E-state index < -0.39 is 11.5 Å². The highest BCUT2D eigenvalue weighted by Crippen LogP contribution is 2.35.